The largest absolute Gasteiger partial charge is 0.494 e. The SMILES string of the molecule is C=C[C@@H]1C[C@]1(NC(=O)[C@@H]1C[C@@H](Oc2ncc(OC)c3ccc(Cl)cc23)CN1C(=O)[C@@H](Nc1ccc(S(=O)(=O)NCC)cc1)C(C)(C)C)C(=O)NS(=O)(=O)C1CC1. The van der Waals surface area contributed by atoms with E-state index in [0.29, 0.717) is 40.1 Å². The van der Waals surface area contributed by atoms with Crippen LogP contribution in [0.1, 0.15) is 53.4 Å². The Bertz CT molecular complexity index is 2260. The molecule has 0 bridgehead atoms. The zero-order chi connectivity index (χ0) is 40.8. The summed E-state index contributed by atoms with van der Waals surface area (Å²) in [6.07, 6.45) is 3.25. The van der Waals surface area contributed by atoms with Crippen molar-refractivity contribution in [1.29, 1.82) is 0 Å². The van der Waals surface area contributed by atoms with Crippen molar-refractivity contribution in [3.8, 4) is 11.6 Å². The molecule has 6 rings (SSSR count). The van der Waals surface area contributed by atoms with Gasteiger partial charge in [0.1, 0.15) is 29.5 Å². The Balaban J connectivity index is 1.31. The lowest BCUT2D eigenvalue weighted by Crippen LogP contribution is -2.58. The lowest BCUT2D eigenvalue weighted by Gasteiger charge is -2.36. The van der Waals surface area contributed by atoms with Crippen LogP contribution >= 0.6 is 11.6 Å². The molecule has 2 aliphatic carbocycles. The van der Waals surface area contributed by atoms with Gasteiger partial charge in [0, 0.05) is 40.4 Å². The molecule has 0 spiro atoms. The summed E-state index contributed by atoms with van der Waals surface area (Å²) in [5.74, 6) is -1.84. The molecule has 0 radical (unpaired) electrons. The first-order chi connectivity index (χ1) is 26.3. The molecule has 2 saturated carbocycles. The Labute approximate surface area is 332 Å². The number of anilines is 1. The van der Waals surface area contributed by atoms with Crippen molar-refractivity contribution in [2.75, 3.05) is 25.5 Å². The van der Waals surface area contributed by atoms with Crippen LogP contribution in [0.15, 0.2) is 66.2 Å². The average Bonchev–Trinajstić information content (AvgIpc) is 4.07. The minimum atomic E-state index is -3.92. The van der Waals surface area contributed by atoms with E-state index >= 15 is 0 Å². The van der Waals surface area contributed by atoms with Gasteiger partial charge < -0.3 is 25.0 Å². The zero-order valence-electron chi connectivity index (χ0n) is 31.8. The predicted octanol–water partition coefficient (Wildman–Crippen LogP) is 3.74. The Kier molecular flexibility index (Phi) is 11.4. The molecule has 5 atom stereocenters. The van der Waals surface area contributed by atoms with Gasteiger partial charge in [-0.05, 0) is 67.1 Å². The highest BCUT2D eigenvalue weighted by molar-refractivity contribution is 7.91. The fourth-order valence-corrected chi connectivity index (χ4v) is 9.54. The predicted molar refractivity (Wildman–Crippen MR) is 211 cm³/mol. The Morgan fingerprint density at radius 3 is 2.38 bits per heavy atom. The summed E-state index contributed by atoms with van der Waals surface area (Å²) in [6, 6.07) is 9.04. The third-order valence-electron chi connectivity index (χ3n) is 10.3. The molecule has 18 heteroatoms. The maximum atomic E-state index is 14.8. The van der Waals surface area contributed by atoms with E-state index in [9.17, 15) is 31.2 Å². The second-order valence-corrected chi connectivity index (χ2v) is 19.6. The molecule has 4 N–H and O–H groups in total. The van der Waals surface area contributed by atoms with E-state index in [1.807, 2.05) is 20.8 Å². The number of pyridine rings is 1. The molecule has 3 aliphatic rings. The van der Waals surface area contributed by atoms with Gasteiger partial charge in [0.25, 0.3) is 5.91 Å². The summed E-state index contributed by atoms with van der Waals surface area (Å²) in [4.78, 5) is 48.6. The van der Waals surface area contributed by atoms with Crippen molar-refractivity contribution < 1.29 is 40.7 Å². The molecule has 56 heavy (non-hydrogen) atoms. The van der Waals surface area contributed by atoms with Gasteiger partial charge in [-0.2, -0.15) is 0 Å². The first-order valence-corrected chi connectivity index (χ1v) is 21.7. The summed E-state index contributed by atoms with van der Waals surface area (Å²) >= 11 is 6.35. The molecule has 1 aromatic heterocycles. The second-order valence-electron chi connectivity index (χ2n) is 15.5. The molecule has 3 aromatic rings. The standard InChI is InChI=1S/C38H47ClN6O9S2/c1-7-22-19-38(22,36(48)44-56(51,52)27-14-15-27)43-33(46)30-18-25(54-34-29-17-23(39)9-16-28(29)31(53-6)20-40-34)21-45(30)35(47)32(37(3,4)5)42-24-10-12-26(13-11-24)55(49,50)41-8-2/h7,9-13,16-17,20,22,25,27,30,32,41-42H,1,8,14-15,18-19,21H2,2-6H3,(H,43,46)(H,44,48)/t22-,25-,30+,32-,38-/m1/s1. The highest BCUT2D eigenvalue weighted by atomic mass is 35.5. The van der Waals surface area contributed by atoms with Crippen LogP contribution in [0.25, 0.3) is 10.8 Å². The van der Waals surface area contributed by atoms with Crippen LogP contribution in [0.4, 0.5) is 5.69 Å². The van der Waals surface area contributed by atoms with Gasteiger partial charge >= 0.3 is 0 Å². The van der Waals surface area contributed by atoms with E-state index < -0.39 is 78.1 Å². The Morgan fingerprint density at radius 1 is 1.09 bits per heavy atom. The van der Waals surface area contributed by atoms with Crippen molar-refractivity contribution in [3.05, 3.63) is 66.3 Å². The number of likely N-dealkylation sites (tertiary alicyclic amines) is 1. The number of methoxy groups -OCH3 is 1. The number of carbonyl (C=O) groups excluding carboxylic acids is 3. The lowest BCUT2D eigenvalue weighted by molar-refractivity contribution is -0.141. The average molecular weight is 831 g/mol. The smallest absolute Gasteiger partial charge is 0.259 e. The second kappa shape index (κ2) is 15.5. The van der Waals surface area contributed by atoms with Gasteiger partial charge in [-0.1, -0.05) is 45.4 Å². The highest BCUT2D eigenvalue weighted by Gasteiger charge is 2.62. The molecule has 3 fully saturated rings. The lowest BCUT2D eigenvalue weighted by atomic mass is 9.85. The molecule has 0 unspecified atom stereocenters. The fraction of sp³-hybridized carbons (Fsp3) is 0.474. The number of halogens is 1. The van der Waals surface area contributed by atoms with Crippen LogP contribution in [-0.4, -0.2) is 93.6 Å². The maximum Gasteiger partial charge on any atom is 0.259 e. The third kappa shape index (κ3) is 8.45. The quantitative estimate of drug-likeness (QED) is 0.163. The molecular weight excluding hydrogens is 784 g/mol. The van der Waals surface area contributed by atoms with E-state index in [1.165, 1.54) is 36.4 Å². The van der Waals surface area contributed by atoms with Gasteiger partial charge in [0.15, 0.2) is 0 Å². The highest BCUT2D eigenvalue weighted by Crippen LogP contribution is 2.46. The number of sulfonamides is 2. The number of fused-ring (bicyclic) bond motifs is 1. The van der Waals surface area contributed by atoms with Crippen molar-refractivity contribution >= 4 is 65.8 Å². The van der Waals surface area contributed by atoms with Crippen LogP contribution in [0.2, 0.25) is 5.02 Å². The van der Waals surface area contributed by atoms with E-state index in [2.05, 4.69) is 31.6 Å². The normalized spacial score (nSPS) is 22.9. The Hall–Kier alpha value is -4.45. The maximum absolute atomic E-state index is 14.8. The number of carbonyl (C=O) groups is 3. The molecule has 1 saturated heterocycles. The number of rotatable bonds is 15. The Morgan fingerprint density at radius 2 is 1.79 bits per heavy atom. The van der Waals surface area contributed by atoms with E-state index in [1.54, 1.807) is 37.3 Å². The number of nitrogens with zero attached hydrogens (tertiary/aromatic N) is 2. The number of benzene rings is 2. The van der Waals surface area contributed by atoms with Crippen LogP contribution in [0, 0.1) is 11.3 Å². The summed E-state index contributed by atoms with van der Waals surface area (Å²) in [5.41, 5.74) is -1.85. The number of amides is 3. The van der Waals surface area contributed by atoms with E-state index in [4.69, 9.17) is 21.1 Å². The zero-order valence-corrected chi connectivity index (χ0v) is 34.2. The van der Waals surface area contributed by atoms with Gasteiger partial charge in [-0.25, -0.2) is 26.5 Å². The number of nitrogens with one attached hydrogen (secondary N) is 4. The topological polar surface area (TPSA) is 202 Å². The number of aromatic nitrogens is 1. The van der Waals surface area contributed by atoms with Gasteiger partial charge in [-0.15, -0.1) is 6.58 Å². The molecule has 2 aromatic carbocycles. The van der Waals surface area contributed by atoms with Gasteiger partial charge in [0.05, 0.1) is 30.0 Å². The minimum Gasteiger partial charge on any atom is -0.494 e. The summed E-state index contributed by atoms with van der Waals surface area (Å²) < 4.78 is 67.1. The van der Waals surface area contributed by atoms with E-state index in [0.717, 1.165) is 0 Å². The molecule has 302 valence electrons. The number of hydrogen-bond donors (Lipinski definition) is 4. The van der Waals surface area contributed by atoms with Gasteiger partial charge in [-0.3, -0.25) is 19.1 Å². The van der Waals surface area contributed by atoms with Crippen molar-refractivity contribution in [2.24, 2.45) is 11.3 Å². The molecule has 3 amide bonds. The number of hydrogen-bond acceptors (Lipinski definition) is 11. The fourth-order valence-electron chi connectivity index (χ4n) is 6.96. The van der Waals surface area contributed by atoms with Crippen molar-refractivity contribution in [2.45, 2.75) is 87.3 Å². The molecule has 15 nitrogen and oxygen atoms in total. The molecule has 1 aliphatic heterocycles. The van der Waals surface area contributed by atoms with Crippen LogP contribution in [-0.2, 0) is 34.4 Å². The summed E-state index contributed by atoms with van der Waals surface area (Å²) in [6.45, 7) is 11.2. The minimum absolute atomic E-state index is 0.00197. The summed E-state index contributed by atoms with van der Waals surface area (Å²) in [5, 5.41) is 7.05. The summed E-state index contributed by atoms with van der Waals surface area (Å²) in [7, 11) is -6.12. The molecular formula is C38H47ClN6O9S2. The van der Waals surface area contributed by atoms with Crippen molar-refractivity contribution in [1.82, 2.24) is 24.6 Å². The van der Waals surface area contributed by atoms with E-state index in [-0.39, 0.29) is 36.7 Å². The van der Waals surface area contributed by atoms with Gasteiger partial charge in [0.2, 0.25) is 37.7 Å². The van der Waals surface area contributed by atoms with Crippen molar-refractivity contribution in [3.63, 3.8) is 0 Å². The first-order valence-electron chi connectivity index (χ1n) is 18.3. The monoisotopic (exact) mass is 830 g/mol. The first kappa shape index (κ1) is 41.2. The van der Waals surface area contributed by atoms with Crippen LogP contribution in [0.3, 0.4) is 0 Å². The van der Waals surface area contributed by atoms with Crippen LogP contribution in [0.5, 0.6) is 11.6 Å². The number of ether oxygens (including phenoxy) is 2. The third-order valence-corrected chi connectivity index (χ3v) is 13.9. The van der Waals surface area contributed by atoms with Crippen LogP contribution < -0.4 is 29.6 Å². The molecule has 2 heterocycles.